The molecule has 144 valence electrons. The lowest BCUT2D eigenvalue weighted by Crippen LogP contribution is -2.28. The Bertz CT molecular complexity index is 963. The zero-order valence-corrected chi connectivity index (χ0v) is 16.4. The minimum atomic E-state index is -0.0797. The maximum Gasteiger partial charge on any atom is 0.267 e. The van der Waals surface area contributed by atoms with Crippen molar-refractivity contribution in [2.75, 3.05) is 13.1 Å². The van der Waals surface area contributed by atoms with Crippen molar-refractivity contribution >= 4 is 0 Å². The summed E-state index contributed by atoms with van der Waals surface area (Å²) in [4.78, 5) is 14.8. The molecule has 0 N–H and O–H groups in total. The number of hydrogen-bond acceptors (Lipinski definition) is 3. The molecule has 0 bridgehead atoms. The predicted octanol–water partition coefficient (Wildman–Crippen LogP) is 3.99. The first-order chi connectivity index (χ1) is 13.7. The molecule has 1 aliphatic heterocycles. The molecule has 1 fully saturated rings. The maximum absolute atomic E-state index is 12.2. The normalized spacial score (nSPS) is 17.1. The summed E-state index contributed by atoms with van der Waals surface area (Å²) >= 11 is 0. The van der Waals surface area contributed by atoms with E-state index in [-0.39, 0.29) is 5.56 Å². The summed E-state index contributed by atoms with van der Waals surface area (Å²) in [5, 5.41) is 4.58. The van der Waals surface area contributed by atoms with Gasteiger partial charge < -0.3 is 4.90 Å². The summed E-state index contributed by atoms with van der Waals surface area (Å²) in [7, 11) is 0. The van der Waals surface area contributed by atoms with E-state index in [4.69, 9.17) is 0 Å². The Kier molecular flexibility index (Phi) is 5.68. The van der Waals surface area contributed by atoms with Crippen molar-refractivity contribution in [3.05, 3.63) is 88.2 Å². The predicted molar refractivity (Wildman–Crippen MR) is 113 cm³/mol. The third kappa shape index (κ3) is 4.39. The summed E-state index contributed by atoms with van der Waals surface area (Å²) in [6.07, 6.45) is 3.72. The highest BCUT2D eigenvalue weighted by atomic mass is 16.1. The average molecular weight is 374 g/mol. The molecule has 3 aromatic rings. The third-order valence-corrected chi connectivity index (χ3v) is 5.67. The maximum atomic E-state index is 12.2. The number of hydrogen-bond donors (Lipinski definition) is 0. The summed E-state index contributed by atoms with van der Waals surface area (Å²) < 4.78 is 1.54. The zero-order valence-electron chi connectivity index (χ0n) is 16.4. The lowest BCUT2D eigenvalue weighted by atomic mass is 10.1. The van der Waals surface area contributed by atoms with Crippen molar-refractivity contribution in [2.24, 2.45) is 0 Å². The van der Waals surface area contributed by atoms with Gasteiger partial charge in [0, 0.05) is 24.2 Å². The molecule has 4 rings (SSSR count). The van der Waals surface area contributed by atoms with Gasteiger partial charge in [0.05, 0.1) is 12.2 Å². The molecule has 4 nitrogen and oxygen atoms in total. The number of benzene rings is 2. The van der Waals surface area contributed by atoms with Gasteiger partial charge in [0.25, 0.3) is 5.56 Å². The van der Waals surface area contributed by atoms with E-state index in [1.807, 2.05) is 36.4 Å². The quantitative estimate of drug-likeness (QED) is 0.656. The molecule has 1 atom stereocenters. The van der Waals surface area contributed by atoms with E-state index in [1.54, 1.807) is 6.07 Å². The van der Waals surface area contributed by atoms with Crippen LogP contribution in [-0.2, 0) is 13.0 Å². The lowest BCUT2D eigenvalue weighted by molar-refractivity contribution is 0.272. The van der Waals surface area contributed by atoms with E-state index in [2.05, 4.69) is 41.2 Å². The van der Waals surface area contributed by atoms with Crippen LogP contribution in [0, 0.1) is 0 Å². The fraction of sp³-hybridized carbons (Fsp3) is 0.333. The Morgan fingerprint density at radius 3 is 2.46 bits per heavy atom. The summed E-state index contributed by atoms with van der Waals surface area (Å²) in [5.74, 6) is 0. The molecule has 0 radical (unpaired) electrons. The van der Waals surface area contributed by atoms with Gasteiger partial charge in [-0.25, -0.2) is 4.68 Å². The Labute approximate surface area is 166 Å². The molecule has 0 spiro atoms. The Hall–Kier alpha value is -2.72. The first-order valence-electron chi connectivity index (χ1n) is 10.1. The Balaban J connectivity index is 1.46. The van der Waals surface area contributed by atoms with Crippen LogP contribution < -0.4 is 5.56 Å². The molecule has 1 aromatic heterocycles. The molecule has 2 aromatic carbocycles. The molecular formula is C24H27N3O. The van der Waals surface area contributed by atoms with Crippen LogP contribution in [0.3, 0.4) is 0 Å². The highest BCUT2D eigenvalue weighted by Gasteiger charge is 2.19. The molecule has 0 aliphatic carbocycles. The van der Waals surface area contributed by atoms with E-state index in [9.17, 15) is 4.79 Å². The second-order valence-electron chi connectivity index (χ2n) is 7.67. The first-order valence-corrected chi connectivity index (χ1v) is 10.1. The number of aromatic nitrogens is 2. The van der Waals surface area contributed by atoms with Crippen LogP contribution in [0.2, 0.25) is 0 Å². The standard InChI is InChI=1S/C24H27N3O/c1-19-6-5-16-26(19)17-15-20-9-11-22(12-10-20)23-13-14-24(28)27(25-23)18-21-7-3-2-4-8-21/h2-4,7-14,19H,5-6,15-18H2,1H3/t19-/m1/s1. The molecule has 4 heteroatoms. The van der Waals surface area contributed by atoms with Crippen LogP contribution in [0.5, 0.6) is 0 Å². The molecule has 1 aliphatic rings. The van der Waals surface area contributed by atoms with Gasteiger partial charge in [0.2, 0.25) is 0 Å². The van der Waals surface area contributed by atoms with E-state index in [1.165, 1.54) is 29.6 Å². The zero-order chi connectivity index (χ0) is 19.3. The SMILES string of the molecule is C[C@@H]1CCCN1CCc1ccc(-c2ccc(=O)n(Cc3ccccc3)n2)cc1. The fourth-order valence-electron chi connectivity index (χ4n) is 3.91. The van der Waals surface area contributed by atoms with Gasteiger partial charge in [-0.05, 0) is 49.9 Å². The molecule has 0 amide bonds. The molecular weight excluding hydrogens is 346 g/mol. The molecule has 0 saturated carbocycles. The van der Waals surface area contributed by atoms with Gasteiger partial charge in [0.15, 0.2) is 0 Å². The van der Waals surface area contributed by atoms with Crippen molar-refractivity contribution in [3.63, 3.8) is 0 Å². The summed E-state index contributed by atoms with van der Waals surface area (Å²) in [5.41, 5.74) is 4.21. The van der Waals surface area contributed by atoms with Crippen molar-refractivity contribution in [1.82, 2.24) is 14.7 Å². The van der Waals surface area contributed by atoms with E-state index < -0.39 is 0 Å². The van der Waals surface area contributed by atoms with Crippen LogP contribution in [0.25, 0.3) is 11.3 Å². The van der Waals surface area contributed by atoms with E-state index >= 15 is 0 Å². The summed E-state index contributed by atoms with van der Waals surface area (Å²) in [6.45, 7) is 5.17. The van der Waals surface area contributed by atoms with Gasteiger partial charge in [0.1, 0.15) is 0 Å². The van der Waals surface area contributed by atoms with Crippen LogP contribution in [0.15, 0.2) is 71.5 Å². The first kappa shape index (κ1) is 18.6. The Morgan fingerprint density at radius 1 is 0.964 bits per heavy atom. The molecule has 1 saturated heterocycles. The van der Waals surface area contributed by atoms with Crippen molar-refractivity contribution in [3.8, 4) is 11.3 Å². The number of nitrogens with zero attached hydrogens (tertiary/aromatic N) is 3. The fourth-order valence-corrected chi connectivity index (χ4v) is 3.91. The number of likely N-dealkylation sites (tertiary alicyclic amines) is 1. The summed E-state index contributed by atoms with van der Waals surface area (Å²) in [6, 6.07) is 22.7. The highest BCUT2D eigenvalue weighted by Crippen LogP contribution is 2.19. The monoisotopic (exact) mass is 373 g/mol. The highest BCUT2D eigenvalue weighted by molar-refractivity contribution is 5.58. The molecule has 2 heterocycles. The largest absolute Gasteiger partial charge is 0.300 e. The minimum Gasteiger partial charge on any atom is -0.300 e. The molecule has 28 heavy (non-hydrogen) atoms. The van der Waals surface area contributed by atoms with Gasteiger partial charge in [-0.1, -0.05) is 54.6 Å². The lowest BCUT2D eigenvalue weighted by Gasteiger charge is -2.20. The third-order valence-electron chi connectivity index (χ3n) is 5.67. The average Bonchev–Trinajstić information content (AvgIpc) is 3.14. The smallest absolute Gasteiger partial charge is 0.267 e. The van der Waals surface area contributed by atoms with Crippen molar-refractivity contribution < 1.29 is 0 Å². The van der Waals surface area contributed by atoms with Gasteiger partial charge in [-0.15, -0.1) is 0 Å². The second-order valence-corrected chi connectivity index (χ2v) is 7.67. The van der Waals surface area contributed by atoms with Crippen LogP contribution in [-0.4, -0.2) is 33.8 Å². The second kappa shape index (κ2) is 8.53. The number of rotatable bonds is 6. The van der Waals surface area contributed by atoms with Gasteiger partial charge >= 0.3 is 0 Å². The van der Waals surface area contributed by atoms with E-state index in [0.29, 0.717) is 12.6 Å². The van der Waals surface area contributed by atoms with Crippen molar-refractivity contribution in [1.29, 1.82) is 0 Å². The van der Waals surface area contributed by atoms with Crippen LogP contribution in [0.4, 0.5) is 0 Å². The van der Waals surface area contributed by atoms with Crippen molar-refractivity contribution in [2.45, 2.75) is 38.8 Å². The minimum absolute atomic E-state index is 0.0797. The Morgan fingerprint density at radius 2 is 1.75 bits per heavy atom. The van der Waals surface area contributed by atoms with Crippen LogP contribution in [0.1, 0.15) is 30.9 Å². The van der Waals surface area contributed by atoms with Gasteiger partial charge in [-0.3, -0.25) is 4.79 Å². The van der Waals surface area contributed by atoms with Crippen LogP contribution >= 0.6 is 0 Å². The van der Waals surface area contributed by atoms with Gasteiger partial charge in [-0.2, -0.15) is 5.10 Å². The van der Waals surface area contributed by atoms with E-state index in [0.717, 1.165) is 29.8 Å². The molecule has 0 unspecified atom stereocenters. The topological polar surface area (TPSA) is 38.1 Å².